The molecule has 1 fully saturated rings. The highest BCUT2D eigenvalue weighted by Gasteiger charge is 2.24. The summed E-state index contributed by atoms with van der Waals surface area (Å²) in [5, 5.41) is 8.17. The lowest BCUT2D eigenvalue weighted by Crippen LogP contribution is -2.31. The van der Waals surface area contributed by atoms with E-state index in [2.05, 4.69) is 16.0 Å². The van der Waals surface area contributed by atoms with Crippen molar-refractivity contribution in [1.29, 1.82) is 0 Å². The smallest absolute Gasteiger partial charge is 0.319 e. The van der Waals surface area contributed by atoms with E-state index in [9.17, 15) is 14.4 Å². The third-order valence-corrected chi connectivity index (χ3v) is 4.21. The van der Waals surface area contributed by atoms with E-state index in [4.69, 9.17) is 0 Å². The summed E-state index contributed by atoms with van der Waals surface area (Å²) in [6.07, 6.45) is 1.48. The maximum Gasteiger partial charge on any atom is 0.319 e. The Bertz CT molecular complexity index is 823. The summed E-state index contributed by atoms with van der Waals surface area (Å²) in [5.74, 6) is -0.162. The van der Waals surface area contributed by atoms with Gasteiger partial charge in [-0.25, -0.2) is 4.79 Å². The Labute approximate surface area is 157 Å². The Kier molecular flexibility index (Phi) is 6.04. The van der Waals surface area contributed by atoms with Crippen LogP contribution in [0.15, 0.2) is 54.6 Å². The molecule has 3 rings (SSSR count). The zero-order chi connectivity index (χ0) is 19.1. The van der Waals surface area contributed by atoms with E-state index in [0.717, 1.165) is 6.42 Å². The summed E-state index contributed by atoms with van der Waals surface area (Å²) < 4.78 is 0. The number of urea groups is 1. The fourth-order valence-electron chi connectivity index (χ4n) is 2.92. The van der Waals surface area contributed by atoms with Crippen molar-refractivity contribution in [2.75, 3.05) is 28.6 Å². The Morgan fingerprint density at radius 2 is 1.70 bits per heavy atom. The van der Waals surface area contributed by atoms with Crippen molar-refractivity contribution in [3.63, 3.8) is 0 Å². The first kappa shape index (κ1) is 18.4. The minimum Gasteiger partial charge on any atom is -0.337 e. The van der Waals surface area contributed by atoms with Gasteiger partial charge in [-0.05, 0) is 30.7 Å². The Morgan fingerprint density at radius 3 is 2.44 bits per heavy atom. The maximum atomic E-state index is 12.2. The quantitative estimate of drug-likeness (QED) is 0.734. The van der Waals surface area contributed by atoms with Gasteiger partial charge >= 0.3 is 6.03 Å². The molecule has 2 aromatic carbocycles. The Balaban J connectivity index is 1.48. The highest BCUT2D eigenvalue weighted by atomic mass is 16.2. The number of nitrogens with one attached hydrogen (secondary N) is 3. The molecule has 4 amide bonds. The van der Waals surface area contributed by atoms with Gasteiger partial charge in [-0.2, -0.15) is 0 Å². The molecule has 140 valence electrons. The van der Waals surface area contributed by atoms with Crippen molar-refractivity contribution in [1.82, 2.24) is 5.32 Å². The first-order chi connectivity index (χ1) is 13.1. The van der Waals surface area contributed by atoms with Crippen molar-refractivity contribution in [3.8, 4) is 0 Å². The standard InChI is InChI=1S/C20H22N4O3/c25-18(12-13-21-20(27)22-15-7-2-1-3-8-15)23-16-9-4-5-10-17(16)24-14-6-11-19(24)26/h1-5,7-10H,6,11-14H2,(H,23,25)(H2,21,22,27). The van der Waals surface area contributed by atoms with Crippen molar-refractivity contribution in [2.45, 2.75) is 19.3 Å². The van der Waals surface area contributed by atoms with Crippen LogP contribution in [0.4, 0.5) is 21.9 Å². The average Bonchev–Trinajstić information content (AvgIpc) is 3.09. The third-order valence-electron chi connectivity index (χ3n) is 4.21. The summed E-state index contributed by atoms with van der Waals surface area (Å²) in [6.45, 7) is 0.863. The molecule has 3 N–H and O–H groups in total. The van der Waals surface area contributed by atoms with Crippen molar-refractivity contribution < 1.29 is 14.4 Å². The maximum absolute atomic E-state index is 12.2. The van der Waals surface area contributed by atoms with E-state index in [1.807, 2.05) is 36.4 Å². The number of rotatable bonds is 6. The average molecular weight is 366 g/mol. The summed E-state index contributed by atoms with van der Waals surface area (Å²) in [7, 11) is 0. The van der Waals surface area contributed by atoms with Gasteiger partial charge in [0.1, 0.15) is 0 Å². The highest BCUT2D eigenvalue weighted by Crippen LogP contribution is 2.29. The van der Waals surface area contributed by atoms with E-state index in [1.54, 1.807) is 23.1 Å². The first-order valence-corrected chi connectivity index (χ1v) is 8.92. The van der Waals surface area contributed by atoms with Gasteiger partial charge in [-0.15, -0.1) is 0 Å². The van der Waals surface area contributed by atoms with Crippen LogP contribution in [0.2, 0.25) is 0 Å². The van der Waals surface area contributed by atoms with Gasteiger partial charge in [0, 0.05) is 31.6 Å². The molecular weight excluding hydrogens is 344 g/mol. The van der Waals surface area contributed by atoms with Crippen LogP contribution in [-0.2, 0) is 9.59 Å². The number of para-hydroxylation sites is 3. The van der Waals surface area contributed by atoms with Crippen LogP contribution >= 0.6 is 0 Å². The second-order valence-corrected chi connectivity index (χ2v) is 6.21. The van der Waals surface area contributed by atoms with Gasteiger partial charge < -0.3 is 20.9 Å². The molecule has 0 aromatic heterocycles. The number of carbonyl (C=O) groups is 3. The predicted molar refractivity (Wildman–Crippen MR) is 105 cm³/mol. The molecule has 7 heteroatoms. The molecule has 7 nitrogen and oxygen atoms in total. The molecule has 1 saturated heterocycles. The Hall–Kier alpha value is -3.35. The van der Waals surface area contributed by atoms with Gasteiger partial charge in [0.05, 0.1) is 11.4 Å². The second kappa shape index (κ2) is 8.84. The fraction of sp³-hybridized carbons (Fsp3) is 0.250. The minimum atomic E-state index is -0.364. The first-order valence-electron chi connectivity index (χ1n) is 8.92. The molecule has 0 atom stereocenters. The van der Waals surface area contributed by atoms with Crippen LogP contribution < -0.4 is 20.9 Å². The lowest BCUT2D eigenvalue weighted by atomic mass is 10.2. The number of hydrogen-bond donors (Lipinski definition) is 3. The molecule has 0 radical (unpaired) electrons. The van der Waals surface area contributed by atoms with Crippen molar-refractivity contribution in [3.05, 3.63) is 54.6 Å². The van der Waals surface area contributed by atoms with Gasteiger partial charge in [-0.3, -0.25) is 9.59 Å². The van der Waals surface area contributed by atoms with E-state index in [-0.39, 0.29) is 30.8 Å². The van der Waals surface area contributed by atoms with Gasteiger partial charge in [-0.1, -0.05) is 30.3 Å². The summed E-state index contributed by atoms with van der Waals surface area (Å²) in [4.78, 5) is 37.7. The lowest BCUT2D eigenvalue weighted by Gasteiger charge is -2.20. The van der Waals surface area contributed by atoms with Crippen molar-refractivity contribution >= 4 is 34.9 Å². The van der Waals surface area contributed by atoms with Crippen LogP contribution in [-0.4, -0.2) is 30.9 Å². The molecule has 0 saturated carbocycles. The normalized spacial score (nSPS) is 13.3. The van der Waals surface area contributed by atoms with E-state index in [1.165, 1.54) is 0 Å². The summed E-state index contributed by atoms with van der Waals surface area (Å²) in [5.41, 5.74) is 2.00. The number of amides is 4. The van der Waals surface area contributed by atoms with Gasteiger partial charge in [0.2, 0.25) is 11.8 Å². The van der Waals surface area contributed by atoms with E-state index >= 15 is 0 Å². The number of benzene rings is 2. The molecule has 0 unspecified atom stereocenters. The van der Waals surface area contributed by atoms with Crippen LogP contribution in [0.1, 0.15) is 19.3 Å². The predicted octanol–water partition coefficient (Wildman–Crippen LogP) is 2.96. The molecule has 2 aromatic rings. The second-order valence-electron chi connectivity index (χ2n) is 6.21. The number of carbonyl (C=O) groups excluding carboxylic acids is 3. The third kappa shape index (κ3) is 5.07. The number of anilines is 3. The molecule has 0 bridgehead atoms. The molecule has 1 heterocycles. The SMILES string of the molecule is O=C(CCNC(=O)Nc1ccccc1)Nc1ccccc1N1CCCC1=O. The molecule has 1 aliphatic rings. The van der Waals surface area contributed by atoms with E-state index in [0.29, 0.717) is 30.0 Å². The van der Waals surface area contributed by atoms with Crippen LogP contribution in [0.25, 0.3) is 0 Å². The largest absolute Gasteiger partial charge is 0.337 e. The monoisotopic (exact) mass is 366 g/mol. The van der Waals surface area contributed by atoms with Crippen LogP contribution in [0.5, 0.6) is 0 Å². The Morgan fingerprint density at radius 1 is 0.963 bits per heavy atom. The molecule has 27 heavy (non-hydrogen) atoms. The minimum absolute atomic E-state index is 0.0657. The van der Waals surface area contributed by atoms with Crippen LogP contribution in [0, 0.1) is 0 Å². The van der Waals surface area contributed by atoms with Crippen molar-refractivity contribution in [2.24, 2.45) is 0 Å². The molecule has 0 spiro atoms. The fourth-order valence-corrected chi connectivity index (χ4v) is 2.92. The molecule has 0 aliphatic carbocycles. The zero-order valence-corrected chi connectivity index (χ0v) is 14.9. The van der Waals surface area contributed by atoms with Gasteiger partial charge in [0.25, 0.3) is 0 Å². The summed E-state index contributed by atoms with van der Waals surface area (Å²) in [6, 6.07) is 16.0. The number of nitrogens with zero attached hydrogens (tertiary/aromatic N) is 1. The van der Waals surface area contributed by atoms with Gasteiger partial charge in [0.15, 0.2) is 0 Å². The molecular formula is C20H22N4O3. The topological polar surface area (TPSA) is 90.5 Å². The zero-order valence-electron chi connectivity index (χ0n) is 14.9. The van der Waals surface area contributed by atoms with Crippen LogP contribution in [0.3, 0.4) is 0 Å². The highest BCUT2D eigenvalue weighted by molar-refractivity contribution is 6.02. The van der Waals surface area contributed by atoms with E-state index < -0.39 is 0 Å². The lowest BCUT2D eigenvalue weighted by molar-refractivity contribution is -0.117. The number of hydrogen-bond acceptors (Lipinski definition) is 3. The summed E-state index contributed by atoms with van der Waals surface area (Å²) >= 11 is 0. The molecule has 1 aliphatic heterocycles.